The van der Waals surface area contributed by atoms with Crippen molar-refractivity contribution in [3.8, 4) is 0 Å². The highest BCUT2D eigenvalue weighted by Gasteiger charge is 2.17. The van der Waals surface area contributed by atoms with Crippen LogP contribution in [0.1, 0.15) is 10.5 Å². The monoisotopic (exact) mass is 303 g/mol. The Kier molecular flexibility index (Phi) is 2.36. The molecule has 0 aromatic carbocycles. The number of methoxy groups -OCH3 is 1. The van der Waals surface area contributed by atoms with E-state index in [1.165, 1.54) is 7.11 Å². The normalized spacial score (nSPS) is 10.4. The van der Waals surface area contributed by atoms with Crippen LogP contribution in [0.2, 0.25) is 0 Å². The topological polar surface area (TPSA) is 56.5 Å². The number of hydrogen-bond donors (Lipinski definition) is 0. The fraction of sp³-hybridized carbons (Fsp3) is 0.125. The van der Waals surface area contributed by atoms with Gasteiger partial charge in [-0.15, -0.1) is 0 Å². The molecule has 14 heavy (non-hydrogen) atoms. The van der Waals surface area contributed by atoms with Gasteiger partial charge in [0.1, 0.15) is 3.70 Å². The summed E-state index contributed by atoms with van der Waals surface area (Å²) in [4.78, 5) is 19.3. The summed E-state index contributed by atoms with van der Waals surface area (Å²) in [6, 6.07) is 1.78. The zero-order valence-electron chi connectivity index (χ0n) is 7.27. The number of aromatic nitrogens is 3. The van der Waals surface area contributed by atoms with Crippen molar-refractivity contribution in [1.82, 2.24) is 14.4 Å². The van der Waals surface area contributed by atoms with Crippen molar-refractivity contribution in [2.75, 3.05) is 7.11 Å². The summed E-state index contributed by atoms with van der Waals surface area (Å²) in [6.07, 6.45) is 3.42. The van der Waals surface area contributed by atoms with Gasteiger partial charge in [0, 0.05) is 12.4 Å². The molecule has 72 valence electrons. The van der Waals surface area contributed by atoms with Crippen molar-refractivity contribution in [1.29, 1.82) is 0 Å². The molecule has 5 nitrogen and oxygen atoms in total. The molecule has 0 aliphatic carbocycles. The maximum atomic E-state index is 11.3. The highest BCUT2D eigenvalue weighted by atomic mass is 127. The molecule has 0 amide bonds. The molecule has 0 saturated heterocycles. The summed E-state index contributed by atoms with van der Waals surface area (Å²) < 4.78 is 7.03. The van der Waals surface area contributed by atoms with Gasteiger partial charge in [-0.1, -0.05) is 0 Å². The van der Waals surface area contributed by atoms with E-state index in [-0.39, 0.29) is 0 Å². The molecule has 0 unspecified atom stereocenters. The van der Waals surface area contributed by atoms with Crippen molar-refractivity contribution in [2.45, 2.75) is 0 Å². The predicted molar refractivity (Wildman–Crippen MR) is 57.0 cm³/mol. The number of halogens is 1. The van der Waals surface area contributed by atoms with Crippen molar-refractivity contribution >= 4 is 34.3 Å². The lowest BCUT2D eigenvalue weighted by molar-refractivity contribution is 0.0593. The van der Waals surface area contributed by atoms with Gasteiger partial charge in [0.2, 0.25) is 5.78 Å². The molecule has 2 aromatic heterocycles. The lowest BCUT2D eigenvalue weighted by Gasteiger charge is -1.94. The van der Waals surface area contributed by atoms with Crippen LogP contribution in [0.5, 0.6) is 0 Å². The summed E-state index contributed by atoms with van der Waals surface area (Å²) in [5, 5.41) is 0. The van der Waals surface area contributed by atoms with Crippen LogP contribution < -0.4 is 0 Å². The van der Waals surface area contributed by atoms with E-state index >= 15 is 0 Å². The first-order chi connectivity index (χ1) is 6.74. The standard InChI is InChI=1S/C8H6IN3O2/c1-14-7(13)5-6(9)12-4-2-3-10-8(12)11-5/h2-4H,1H3. The number of carbonyl (C=O) groups excluding carboxylic acids is 1. The van der Waals surface area contributed by atoms with Crippen LogP contribution in [0, 0.1) is 3.70 Å². The van der Waals surface area contributed by atoms with E-state index in [0.717, 1.165) is 0 Å². The third-order valence-corrected chi connectivity index (χ3v) is 2.75. The number of ether oxygens (including phenoxy) is 1. The van der Waals surface area contributed by atoms with Crippen LogP contribution in [-0.2, 0) is 4.74 Å². The van der Waals surface area contributed by atoms with Crippen LogP contribution in [-0.4, -0.2) is 27.4 Å². The third kappa shape index (κ3) is 1.35. The Labute approximate surface area is 93.3 Å². The maximum Gasteiger partial charge on any atom is 0.359 e. The Morgan fingerprint density at radius 3 is 3.07 bits per heavy atom. The number of fused-ring (bicyclic) bond motifs is 1. The van der Waals surface area contributed by atoms with Gasteiger partial charge in [0.15, 0.2) is 5.69 Å². The highest BCUT2D eigenvalue weighted by Crippen LogP contribution is 2.13. The zero-order valence-corrected chi connectivity index (χ0v) is 9.43. The number of hydrogen-bond acceptors (Lipinski definition) is 4. The van der Waals surface area contributed by atoms with Gasteiger partial charge in [-0.05, 0) is 28.7 Å². The SMILES string of the molecule is COC(=O)c1nc2ncccn2c1I. The molecule has 0 saturated carbocycles. The highest BCUT2D eigenvalue weighted by molar-refractivity contribution is 14.1. The minimum absolute atomic E-state index is 0.298. The number of nitrogens with zero attached hydrogens (tertiary/aromatic N) is 3. The third-order valence-electron chi connectivity index (χ3n) is 1.72. The van der Waals surface area contributed by atoms with Gasteiger partial charge in [-0.3, -0.25) is 4.40 Å². The van der Waals surface area contributed by atoms with Crippen molar-refractivity contribution in [3.05, 3.63) is 27.9 Å². The van der Waals surface area contributed by atoms with Crippen molar-refractivity contribution in [3.63, 3.8) is 0 Å². The average Bonchev–Trinajstić information content (AvgIpc) is 2.56. The fourth-order valence-corrected chi connectivity index (χ4v) is 1.80. The Hall–Kier alpha value is -1.18. The van der Waals surface area contributed by atoms with Gasteiger partial charge in [-0.25, -0.2) is 14.8 Å². The largest absolute Gasteiger partial charge is 0.464 e. The van der Waals surface area contributed by atoms with Gasteiger partial charge < -0.3 is 4.74 Å². The Bertz CT molecular complexity index is 494. The number of rotatable bonds is 1. The van der Waals surface area contributed by atoms with Crippen LogP contribution in [0.25, 0.3) is 5.78 Å². The molecule has 0 spiro atoms. The molecule has 2 rings (SSSR count). The molecule has 6 heteroatoms. The van der Waals surface area contributed by atoms with E-state index in [4.69, 9.17) is 0 Å². The smallest absolute Gasteiger partial charge is 0.359 e. The quantitative estimate of drug-likeness (QED) is 0.585. The summed E-state index contributed by atoms with van der Waals surface area (Å²) >= 11 is 2.03. The van der Waals surface area contributed by atoms with E-state index in [2.05, 4.69) is 14.7 Å². The molecule has 0 radical (unpaired) electrons. The number of esters is 1. The predicted octanol–water partition coefficient (Wildman–Crippen LogP) is 1.12. The van der Waals surface area contributed by atoms with E-state index < -0.39 is 5.97 Å². The van der Waals surface area contributed by atoms with Crippen molar-refractivity contribution < 1.29 is 9.53 Å². The first kappa shape index (κ1) is 9.38. The zero-order chi connectivity index (χ0) is 10.1. The second-order valence-corrected chi connectivity index (χ2v) is 3.55. The first-order valence-electron chi connectivity index (χ1n) is 3.81. The number of carbonyl (C=O) groups is 1. The van der Waals surface area contributed by atoms with E-state index in [0.29, 0.717) is 15.2 Å². The van der Waals surface area contributed by atoms with Gasteiger partial charge >= 0.3 is 5.97 Å². The average molecular weight is 303 g/mol. The van der Waals surface area contributed by atoms with Crippen LogP contribution in [0.15, 0.2) is 18.5 Å². The maximum absolute atomic E-state index is 11.3. The summed E-state index contributed by atoms with van der Waals surface area (Å²) in [6.45, 7) is 0. The van der Waals surface area contributed by atoms with E-state index in [9.17, 15) is 4.79 Å². The van der Waals surface area contributed by atoms with Gasteiger partial charge in [0.25, 0.3) is 0 Å². The summed E-state index contributed by atoms with van der Waals surface area (Å²) in [5.41, 5.74) is 0.298. The van der Waals surface area contributed by atoms with Gasteiger partial charge in [0.05, 0.1) is 7.11 Å². The minimum Gasteiger partial charge on any atom is -0.464 e. The molecule has 2 heterocycles. The Morgan fingerprint density at radius 2 is 2.43 bits per heavy atom. The minimum atomic E-state index is -0.445. The molecule has 0 aliphatic rings. The van der Waals surface area contributed by atoms with Crippen molar-refractivity contribution in [2.24, 2.45) is 0 Å². The van der Waals surface area contributed by atoms with E-state index in [1.807, 2.05) is 22.6 Å². The number of imidazole rings is 1. The molecule has 0 aliphatic heterocycles. The van der Waals surface area contributed by atoms with E-state index in [1.54, 1.807) is 22.9 Å². The molecular weight excluding hydrogens is 297 g/mol. The van der Waals surface area contributed by atoms with Crippen LogP contribution in [0.3, 0.4) is 0 Å². The Balaban J connectivity index is 2.68. The molecule has 2 aromatic rings. The fourth-order valence-electron chi connectivity index (χ4n) is 1.09. The lowest BCUT2D eigenvalue weighted by Crippen LogP contribution is -2.03. The molecule has 0 bridgehead atoms. The van der Waals surface area contributed by atoms with Crippen LogP contribution in [0.4, 0.5) is 0 Å². The molecule has 0 N–H and O–H groups in total. The second kappa shape index (κ2) is 3.52. The molecular formula is C8H6IN3O2. The summed E-state index contributed by atoms with van der Waals surface area (Å²) in [5.74, 6) is 0.0530. The Morgan fingerprint density at radius 1 is 1.64 bits per heavy atom. The lowest BCUT2D eigenvalue weighted by atomic mass is 10.5. The molecule has 0 fully saturated rings. The van der Waals surface area contributed by atoms with Crippen LogP contribution >= 0.6 is 22.6 Å². The van der Waals surface area contributed by atoms with Gasteiger partial charge in [-0.2, -0.15) is 0 Å². The second-order valence-electron chi connectivity index (χ2n) is 2.53. The molecule has 0 atom stereocenters. The summed E-state index contributed by atoms with van der Waals surface area (Å²) in [7, 11) is 1.33. The first-order valence-corrected chi connectivity index (χ1v) is 4.89.